The van der Waals surface area contributed by atoms with Crippen molar-refractivity contribution >= 4 is 32.2 Å². The Hall–Kier alpha value is -4.56. The number of benzene rings is 4. The van der Waals surface area contributed by atoms with Crippen molar-refractivity contribution in [3.05, 3.63) is 125 Å². The van der Waals surface area contributed by atoms with Crippen molar-refractivity contribution in [2.45, 2.75) is 42.4 Å². The third-order valence-corrected chi connectivity index (χ3v) is 9.17. The van der Waals surface area contributed by atoms with Crippen LogP contribution in [0.4, 0.5) is 5.69 Å². The number of carbonyl (C=O) groups is 1. The molecule has 1 unspecified atom stereocenters. The highest BCUT2D eigenvalue weighted by molar-refractivity contribution is 7.91. The van der Waals surface area contributed by atoms with Gasteiger partial charge in [-0.05, 0) is 71.0 Å². The molecule has 4 aromatic rings. The second-order valence-electron chi connectivity index (χ2n) is 10.1. The Morgan fingerprint density at radius 2 is 1.54 bits per heavy atom. The number of carbonyl (C=O) groups excluding carboxylic acids is 1. The first-order valence-electron chi connectivity index (χ1n) is 13.4. The van der Waals surface area contributed by atoms with E-state index in [0.29, 0.717) is 17.7 Å². The zero-order valence-corrected chi connectivity index (χ0v) is 23.4. The van der Waals surface area contributed by atoms with E-state index in [1.807, 2.05) is 49.4 Å². The lowest BCUT2D eigenvalue weighted by Gasteiger charge is -2.25. The van der Waals surface area contributed by atoms with E-state index in [1.165, 1.54) is 24.3 Å². The van der Waals surface area contributed by atoms with Gasteiger partial charge in [-0.15, -0.1) is 0 Å². The molecule has 0 heterocycles. The molecular weight excluding hydrogens is 538 g/mol. The summed E-state index contributed by atoms with van der Waals surface area (Å²) in [5.41, 5.74) is 2.37. The number of aliphatic hydroxyl groups excluding tert-OH is 3. The molecule has 4 aromatic carbocycles. The largest absolute Gasteiger partial charge is 0.507 e. The number of hydrogen-bond acceptors (Lipinski definition) is 6. The molecule has 0 fully saturated rings. The monoisotopic (exact) mass is 569 g/mol. The van der Waals surface area contributed by atoms with Crippen LogP contribution in [0.15, 0.2) is 124 Å². The molecule has 7 nitrogen and oxygen atoms in total. The predicted octanol–water partition coefficient (Wildman–Crippen LogP) is 6.97. The van der Waals surface area contributed by atoms with Crippen LogP contribution in [0, 0.1) is 5.92 Å². The van der Waals surface area contributed by atoms with Gasteiger partial charge in [-0.25, -0.2) is 8.42 Å². The SMILES string of the molecule is CCCc1ccc(S(=O)(=O)c2ccccc2)cc1NC(=O)C1CC(Cc2cccc3ccccc23)=C(O)C(O)=C1O. The minimum atomic E-state index is -3.83. The van der Waals surface area contributed by atoms with Crippen LogP contribution in [0.3, 0.4) is 0 Å². The number of hydrogen-bond donors (Lipinski definition) is 4. The number of allylic oxidation sites excluding steroid dienone is 1. The smallest absolute Gasteiger partial charge is 0.235 e. The van der Waals surface area contributed by atoms with Crippen molar-refractivity contribution in [1.82, 2.24) is 0 Å². The van der Waals surface area contributed by atoms with Gasteiger partial charge in [-0.3, -0.25) is 4.79 Å². The normalized spacial score (nSPS) is 15.8. The van der Waals surface area contributed by atoms with E-state index in [9.17, 15) is 28.5 Å². The molecule has 0 aromatic heterocycles. The van der Waals surface area contributed by atoms with E-state index < -0.39 is 38.9 Å². The van der Waals surface area contributed by atoms with Gasteiger partial charge >= 0.3 is 0 Å². The maximum atomic E-state index is 13.6. The molecule has 0 radical (unpaired) electrons. The Morgan fingerprint density at radius 3 is 2.29 bits per heavy atom. The first-order chi connectivity index (χ1) is 19.7. The molecule has 8 heteroatoms. The minimum Gasteiger partial charge on any atom is -0.507 e. The van der Waals surface area contributed by atoms with Gasteiger partial charge in [-0.2, -0.15) is 0 Å². The number of sulfone groups is 1. The van der Waals surface area contributed by atoms with Crippen LogP contribution in [0.5, 0.6) is 0 Å². The van der Waals surface area contributed by atoms with E-state index in [2.05, 4.69) is 5.32 Å². The second kappa shape index (κ2) is 11.5. The molecule has 5 rings (SSSR count). The molecular formula is C33H31NO6S. The Balaban J connectivity index is 1.45. The van der Waals surface area contributed by atoms with Gasteiger partial charge in [0.2, 0.25) is 15.7 Å². The standard InChI is InChI=1S/C33H31NO6S/c1-2-9-22-16-17-26(41(39,40)25-13-4-3-5-14-25)20-29(22)34-33(38)28-19-24(30(35)32(37)31(28)36)18-23-12-8-11-21-10-6-7-15-27(21)23/h3-8,10-17,20,28,35-37H,2,9,18-19H2,1H3,(H,34,38). The summed E-state index contributed by atoms with van der Waals surface area (Å²) in [6.45, 7) is 1.97. The maximum absolute atomic E-state index is 13.6. The average molecular weight is 570 g/mol. The summed E-state index contributed by atoms with van der Waals surface area (Å²) < 4.78 is 26.5. The van der Waals surface area contributed by atoms with Gasteiger partial charge in [0.15, 0.2) is 17.3 Å². The number of aliphatic hydroxyl groups is 3. The summed E-state index contributed by atoms with van der Waals surface area (Å²) in [5.74, 6) is -3.61. The fraction of sp³-hybridized carbons (Fsp3) is 0.182. The highest BCUT2D eigenvalue weighted by Crippen LogP contribution is 2.36. The molecule has 210 valence electrons. The Morgan fingerprint density at radius 1 is 0.829 bits per heavy atom. The van der Waals surface area contributed by atoms with Gasteiger partial charge in [-0.1, -0.05) is 80.1 Å². The lowest BCUT2D eigenvalue weighted by atomic mass is 9.85. The topological polar surface area (TPSA) is 124 Å². The number of amides is 1. The summed E-state index contributed by atoms with van der Waals surface area (Å²) in [7, 11) is -3.83. The first-order valence-corrected chi connectivity index (χ1v) is 14.9. The summed E-state index contributed by atoms with van der Waals surface area (Å²) in [5, 5.41) is 36.8. The summed E-state index contributed by atoms with van der Waals surface area (Å²) in [4.78, 5) is 13.7. The van der Waals surface area contributed by atoms with E-state index in [0.717, 1.165) is 28.3 Å². The zero-order valence-electron chi connectivity index (χ0n) is 22.5. The van der Waals surface area contributed by atoms with Crippen LogP contribution in [-0.2, 0) is 27.5 Å². The number of anilines is 1. The molecule has 0 aliphatic heterocycles. The van der Waals surface area contributed by atoms with Crippen LogP contribution >= 0.6 is 0 Å². The minimum absolute atomic E-state index is 0.0259. The zero-order chi connectivity index (χ0) is 29.1. The predicted molar refractivity (Wildman–Crippen MR) is 159 cm³/mol. The fourth-order valence-electron chi connectivity index (χ4n) is 5.22. The molecule has 1 aliphatic carbocycles. The Labute approximate surface area is 239 Å². The average Bonchev–Trinajstić information content (AvgIpc) is 2.99. The number of fused-ring (bicyclic) bond motifs is 1. The number of nitrogens with one attached hydrogen (secondary N) is 1. The van der Waals surface area contributed by atoms with Gasteiger partial charge in [0.25, 0.3) is 0 Å². The van der Waals surface area contributed by atoms with Gasteiger partial charge in [0.1, 0.15) is 5.92 Å². The van der Waals surface area contributed by atoms with E-state index in [1.54, 1.807) is 24.3 Å². The lowest BCUT2D eigenvalue weighted by Crippen LogP contribution is -2.29. The quantitative estimate of drug-likeness (QED) is 0.182. The van der Waals surface area contributed by atoms with Gasteiger partial charge in [0, 0.05) is 5.69 Å². The fourth-order valence-corrected chi connectivity index (χ4v) is 6.53. The molecule has 41 heavy (non-hydrogen) atoms. The second-order valence-corrected chi connectivity index (χ2v) is 12.1. The molecule has 0 saturated carbocycles. The van der Waals surface area contributed by atoms with Crippen molar-refractivity contribution < 1.29 is 28.5 Å². The number of rotatable bonds is 8. The molecule has 1 amide bonds. The van der Waals surface area contributed by atoms with E-state index in [-0.39, 0.29) is 22.6 Å². The van der Waals surface area contributed by atoms with Gasteiger partial charge < -0.3 is 20.6 Å². The summed E-state index contributed by atoms with van der Waals surface area (Å²) in [6.07, 6.45) is 1.59. The van der Waals surface area contributed by atoms with Crippen LogP contribution in [-0.4, -0.2) is 29.6 Å². The van der Waals surface area contributed by atoms with E-state index >= 15 is 0 Å². The molecule has 1 atom stereocenters. The maximum Gasteiger partial charge on any atom is 0.235 e. The molecule has 0 bridgehead atoms. The highest BCUT2D eigenvalue weighted by Gasteiger charge is 2.35. The van der Waals surface area contributed by atoms with Crippen molar-refractivity contribution in [3.63, 3.8) is 0 Å². The first kappa shape index (κ1) is 28.0. The summed E-state index contributed by atoms with van der Waals surface area (Å²) in [6, 6.07) is 26.3. The molecule has 4 N–H and O–H groups in total. The highest BCUT2D eigenvalue weighted by atomic mass is 32.2. The molecule has 0 spiro atoms. The van der Waals surface area contributed by atoms with Gasteiger partial charge in [0.05, 0.1) is 9.79 Å². The third-order valence-electron chi connectivity index (χ3n) is 7.41. The Bertz CT molecular complexity index is 1790. The van der Waals surface area contributed by atoms with Crippen LogP contribution in [0.2, 0.25) is 0 Å². The van der Waals surface area contributed by atoms with Crippen molar-refractivity contribution in [3.8, 4) is 0 Å². The number of aryl methyl sites for hydroxylation is 1. The lowest BCUT2D eigenvalue weighted by molar-refractivity contribution is -0.119. The van der Waals surface area contributed by atoms with Crippen LogP contribution in [0.1, 0.15) is 30.9 Å². The van der Waals surface area contributed by atoms with E-state index in [4.69, 9.17) is 0 Å². The van der Waals surface area contributed by atoms with Crippen LogP contribution < -0.4 is 5.32 Å². The van der Waals surface area contributed by atoms with Crippen molar-refractivity contribution in [2.24, 2.45) is 5.92 Å². The van der Waals surface area contributed by atoms with Crippen LogP contribution in [0.25, 0.3) is 10.8 Å². The molecule has 1 aliphatic rings. The van der Waals surface area contributed by atoms with Crippen molar-refractivity contribution in [2.75, 3.05) is 5.32 Å². The Kier molecular flexibility index (Phi) is 7.85. The third kappa shape index (κ3) is 5.56. The summed E-state index contributed by atoms with van der Waals surface area (Å²) >= 11 is 0. The van der Waals surface area contributed by atoms with Crippen molar-refractivity contribution in [1.29, 1.82) is 0 Å². The molecule has 0 saturated heterocycles.